The zero-order valence-electron chi connectivity index (χ0n) is 10.5. The lowest BCUT2D eigenvalue weighted by atomic mass is 10.2. The van der Waals surface area contributed by atoms with Gasteiger partial charge in [0.05, 0.1) is 10.9 Å². The van der Waals surface area contributed by atoms with Crippen molar-refractivity contribution in [2.75, 3.05) is 0 Å². The van der Waals surface area contributed by atoms with Crippen molar-refractivity contribution in [3.8, 4) is 17.7 Å². The summed E-state index contributed by atoms with van der Waals surface area (Å²) < 4.78 is 20.0. The van der Waals surface area contributed by atoms with Gasteiger partial charge in [-0.25, -0.2) is 14.4 Å². The van der Waals surface area contributed by atoms with E-state index in [1.807, 2.05) is 12.1 Å². The van der Waals surface area contributed by atoms with Crippen LogP contribution in [-0.2, 0) is 0 Å². The molecule has 6 heteroatoms. The Kier molecular flexibility index (Phi) is 3.50. The zero-order chi connectivity index (χ0) is 14.8. The van der Waals surface area contributed by atoms with Crippen LogP contribution >= 0.6 is 15.9 Å². The van der Waals surface area contributed by atoms with Crippen LogP contribution < -0.4 is 4.74 Å². The van der Waals surface area contributed by atoms with Gasteiger partial charge in [-0.05, 0) is 30.3 Å². The highest BCUT2D eigenvalue weighted by molar-refractivity contribution is 9.10. The number of hydrogen-bond acceptors (Lipinski definition) is 4. The molecule has 0 aliphatic heterocycles. The quantitative estimate of drug-likeness (QED) is 0.699. The van der Waals surface area contributed by atoms with E-state index in [0.29, 0.717) is 10.9 Å². The number of nitriles is 1. The first-order valence-electron chi connectivity index (χ1n) is 5.96. The molecule has 0 spiro atoms. The van der Waals surface area contributed by atoms with Gasteiger partial charge in [-0.15, -0.1) is 0 Å². The van der Waals surface area contributed by atoms with Crippen LogP contribution in [0.4, 0.5) is 4.39 Å². The molecule has 0 fully saturated rings. The van der Waals surface area contributed by atoms with E-state index >= 15 is 0 Å². The van der Waals surface area contributed by atoms with Crippen molar-refractivity contribution >= 4 is 26.8 Å². The van der Waals surface area contributed by atoms with Gasteiger partial charge in [0.2, 0.25) is 5.88 Å². The Labute approximate surface area is 128 Å². The Morgan fingerprint density at radius 3 is 2.86 bits per heavy atom. The number of aromatic nitrogens is 2. The molecule has 0 radical (unpaired) electrons. The molecule has 0 atom stereocenters. The van der Waals surface area contributed by atoms with E-state index in [1.165, 1.54) is 24.5 Å². The third-order valence-electron chi connectivity index (χ3n) is 2.85. The minimum atomic E-state index is -0.630. The SMILES string of the molecule is N#Cc1c(F)cccc1Oc1ncnc2ccc(Br)cc12. The summed E-state index contributed by atoms with van der Waals surface area (Å²) in [5.41, 5.74) is 0.539. The van der Waals surface area contributed by atoms with Crippen molar-refractivity contribution in [3.05, 3.63) is 58.6 Å². The topological polar surface area (TPSA) is 58.8 Å². The second kappa shape index (κ2) is 5.46. The van der Waals surface area contributed by atoms with Gasteiger partial charge in [-0.1, -0.05) is 22.0 Å². The summed E-state index contributed by atoms with van der Waals surface area (Å²) >= 11 is 3.37. The number of rotatable bonds is 2. The zero-order valence-corrected chi connectivity index (χ0v) is 12.1. The molecule has 1 heterocycles. The maximum atomic E-state index is 13.6. The number of fused-ring (bicyclic) bond motifs is 1. The van der Waals surface area contributed by atoms with E-state index in [-0.39, 0.29) is 17.2 Å². The second-order valence-electron chi connectivity index (χ2n) is 4.17. The van der Waals surface area contributed by atoms with Crippen LogP contribution in [0.25, 0.3) is 10.9 Å². The third kappa shape index (κ3) is 2.56. The van der Waals surface area contributed by atoms with Crippen LogP contribution in [0.2, 0.25) is 0 Å². The summed E-state index contributed by atoms with van der Waals surface area (Å²) in [5.74, 6) is -0.240. The summed E-state index contributed by atoms with van der Waals surface area (Å²) in [6.07, 6.45) is 1.36. The predicted molar refractivity (Wildman–Crippen MR) is 78.4 cm³/mol. The molecule has 102 valence electrons. The number of nitrogens with zero attached hydrogens (tertiary/aromatic N) is 3. The minimum absolute atomic E-state index is 0.123. The average molecular weight is 344 g/mol. The Hall–Kier alpha value is -2.52. The van der Waals surface area contributed by atoms with Crippen molar-refractivity contribution in [1.29, 1.82) is 5.26 Å². The number of ether oxygens (including phenoxy) is 1. The van der Waals surface area contributed by atoms with Gasteiger partial charge in [-0.3, -0.25) is 0 Å². The molecule has 3 aromatic rings. The van der Waals surface area contributed by atoms with Crippen molar-refractivity contribution in [1.82, 2.24) is 9.97 Å². The van der Waals surface area contributed by atoms with Crippen LogP contribution in [0.3, 0.4) is 0 Å². The molecule has 4 nitrogen and oxygen atoms in total. The number of halogens is 2. The van der Waals surface area contributed by atoms with Crippen molar-refractivity contribution < 1.29 is 9.13 Å². The van der Waals surface area contributed by atoms with Crippen LogP contribution in [0.5, 0.6) is 11.6 Å². The molecule has 0 aliphatic rings. The minimum Gasteiger partial charge on any atom is -0.437 e. The molecule has 0 unspecified atom stereocenters. The first-order chi connectivity index (χ1) is 10.2. The molecule has 0 N–H and O–H groups in total. The maximum Gasteiger partial charge on any atom is 0.230 e. The molecule has 3 rings (SSSR count). The van der Waals surface area contributed by atoms with Crippen molar-refractivity contribution in [2.24, 2.45) is 0 Å². The highest BCUT2D eigenvalue weighted by Crippen LogP contribution is 2.31. The lowest BCUT2D eigenvalue weighted by Crippen LogP contribution is -1.95. The Morgan fingerprint density at radius 2 is 2.05 bits per heavy atom. The van der Waals surface area contributed by atoms with Crippen LogP contribution in [0, 0.1) is 17.1 Å². The monoisotopic (exact) mass is 343 g/mol. The molecule has 2 aromatic carbocycles. The molecule has 0 saturated heterocycles. The summed E-state index contributed by atoms with van der Waals surface area (Å²) in [4.78, 5) is 8.20. The van der Waals surface area contributed by atoms with Gasteiger partial charge in [0.1, 0.15) is 29.5 Å². The fourth-order valence-corrected chi connectivity index (χ4v) is 2.25. The van der Waals surface area contributed by atoms with E-state index < -0.39 is 5.82 Å². The van der Waals surface area contributed by atoms with Gasteiger partial charge in [0.15, 0.2) is 0 Å². The van der Waals surface area contributed by atoms with Gasteiger partial charge in [0.25, 0.3) is 0 Å². The van der Waals surface area contributed by atoms with Crippen molar-refractivity contribution in [3.63, 3.8) is 0 Å². The summed E-state index contributed by atoms with van der Waals surface area (Å²) in [6, 6.07) is 11.5. The van der Waals surface area contributed by atoms with E-state index in [1.54, 1.807) is 12.1 Å². The maximum absolute atomic E-state index is 13.6. The van der Waals surface area contributed by atoms with Crippen LogP contribution in [0.1, 0.15) is 5.56 Å². The van der Waals surface area contributed by atoms with E-state index in [2.05, 4.69) is 25.9 Å². The lowest BCUT2D eigenvalue weighted by molar-refractivity contribution is 0.461. The fraction of sp³-hybridized carbons (Fsp3) is 0. The average Bonchev–Trinajstić information content (AvgIpc) is 2.48. The highest BCUT2D eigenvalue weighted by Gasteiger charge is 2.12. The van der Waals surface area contributed by atoms with E-state index in [0.717, 1.165) is 4.47 Å². The molecular formula is C15H7BrFN3O. The fourth-order valence-electron chi connectivity index (χ4n) is 1.89. The summed E-state index contributed by atoms with van der Waals surface area (Å²) in [7, 11) is 0. The largest absolute Gasteiger partial charge is 0.437 e. The number of hydrogen-bond donors (Lipinski definition) is 0. The van der Waals surface area contributed by atoms with E-state index in [4.69, 9.17) is 10.00 Å². The molecule has 0 saturated carbocycles. The van der Waals surface area contributed by atoms with Gasteiger partial charge < -0.3 is 4.74 Å². The Bertz CT molecular complexity index is 876. The molecule has 21 heavy (non-hydrogen) atoms. The predicted octanol–water partition coefficient (Wildman–Crippen LogP) is 4.20. The van der Waals surface area contributed by atoms with Gasteiger partial charge in [-0.2, -0.15) is 5.26 Å². The van der Waals surface area contributed by atoms with Gasteiger partial charge in [0, 0.05) is 4.47 Å². The molecule has 1 aromatic heterocycles. The molecule has 0 bridgehead atoms. The summed E-state index contributed by atoms with van der Waals surface area (Å²) in [6.45, 7) is 0. The normalized spacial score (nSPS) is 10.3. The summed E-state index contributed by atoms with van der Waals surface area (Å²) in [5, 5.41) is 9.69. The lowest BCUT2D eigenvalue weighted by Gasteiger charge is -2.09. The first-order valence-corrected chi connectivity index (χ1v) is 6.75. The Balaban J connectivity index is 2.13. The van der Waals surface area contributed by atoms with Crippen molar-refractivity contribution in [2.45, 2.75) is 0 Å². The second-order valence-corrected chi connectivity index (χ2v) is 5.08. The smallest absolute Gasteiger partial charge is 0.230 e. The molecular weight excluding hydrogens is 337 g/mol. The highest BCUT2D eigenvalue weighted by atomic mass is 79.9. The van der Waals surface area contributed by atoms with E-state index in [9.17, 15) is 4.39 Å². The van der Waals surface area contributed by atoms with Crippen LogP contribution in [-0.4, -0.2) is 9.97 Å². The Morgan fingerprint density at radius 1 is 1.19 bits per heavy atom. The van der Waals surface area contributed by atoms with Gasteiger partial charge >= 0.3 is 0 Å². The third-order valence-corrected chi connectivity index (χ3v) is 3.35. The van der Waals surface area contributed by atoms with Crippen LogP contribution in [0.15, 0.2) is 47.2 Å². The molecule has 0 amide bonds. The molecule has 0 aliphatic carbocycles. The standard InChI is InChI=1S/C15H7BrFN3O/c16-9-4-5-13-10(6-9)15(20-8-19-13)21-14-3-1-2-12(17)11(14)7-18/h1-6,8H. The number of benzene rings is 2. The first kappa shape index (κ1) is 13.5.